The van der Waals surface area contributed by atoms with E-state index in [1.165, 1.54) is 0 Å². The Bertz CT molecular complexity index is 637. The molecule has 0 saturated heterocycles. The van der Waals surface area contributed by atoms with Gasteiger partial charge in [0.05, 0.1) is 16.4 Å². The molecular formula is C13H17N3O2S2. The molecule has 0 aliphatic heterocycles. The van der Waals surface area contributed by atoms with Crippen LogP contribution < -0.4 is 10.0 Å². The van der Waals surface area contributed by atoms with Crippen molar-refractivity contribution in [3.8, 4) is 0 Å². The van der Waals surface area contributed by atoms with Crippen LogP contribution in [0, 0.1) is 0 Å². The molecule has 20 heavy (non-hydrogen) atoms. The summed E-state index contributed by atoms with van der Waals surface area (Å²) in [4.78, 5) is 5.45. The number of thiazole rings is 1. The fourth-order valence-corrected chi connectivity index (χ4v) is 3.43. The maximum absolute atomic E-state index is 11.8. The molecule has 0 saturated carbocycles. The van der Waals surface area contributed by atoms with Crippen LogP contribution in [0.2, 0.25) is 0 Å². The summed E-state index contributed by atoms with van der Waals surface area (Å²) < 4.78 is 26.1. The molecule has 108 valence electrons. The van der Waals surface area contributed by atoms with Gasteiger partial charge in [-0.2, -0.15) is 0 Å². The van der Waals surface area contributed by atoms with Gasteiger partial charge in [0, 0.05) is 23.3 Å². The lowest BCUT2D eigenvalue weighted by molar-refractivity contribution is 0.584. The smallest absolute Gasteiger partial charge is 0.240 e. The Hall–Kier alpha value is -1.44. The predicted octanol–water partition coefficient (Wildman–Crippen LogP) is 2.61. The molecule has 0 aliphatic rings. The Morgan fingerprint density at radius 2 is 2.00 bits per heavy atom. The average molecular weight is 311 g/mol. The van der Waals surface area contributed by atoms with E-state index in [1.807, 2.05) is 13.1 Å². The summed E-state index contributed by atoms with van der Waals surface area (Å²) in [5.41, 5.74) is 2.67. The van der Waals surface area contributed by atoms with E-state index < -0.39 is 10.0 Å². The van der Waals surface area contributed by atoms with E-state index in [2.05, 4.69) is 15.0 Å². The van der Waals surface area contributed by atoms with Crippen molar-refractivity contribution in [2.24, 2.45) is 0 Å². The number of hydrogen-bond donors (Lipinski definition) is 2. The van der Waals surface area contributed by atoms with Crippen LogP contribution in [-0.4, -0.2) is 19.9 Å². The summed E-state index contributed by atoms with van der Waals surface area (Å²) in [6.45, 7) is 4.17. The lowest BCUT2D eigenvalue weighted by Gasteiger charge is -2.13. The first-order valence-corrected chi connectivity index (χ1v) is 8.64. The Balaban J connectivity index is 2.09. The van der Waals surface area contributed by atoms with Gasteiger partial charge in [-0.15, -0.1) is 11.3 Å². The Morgan fingerprint density at radius 3 is 2.55 bits per heavy atom. The second kappa shape index (κ2) is 6.34. The minimum absolute atomic E-state index is 0.138. The molecule has 0 aliphatic carbocycles. The number of nitrogens with zero attached hydrogens (tertiary/aromatic N) is 1. The highest BCUT2D eigenvalue weighted by atomic mass is 32.2. The standard InChI is InChI=1S/C13H17N3O2S2/c1-3-15-20(17,18)12-6-4-11(5-7-12)16-10(2)13-8-14-9-19-13/h4-10,15-16H,3H2,1-2H3. The van der Waals surface area contributed by atoms with Crippen molar-refractivity contribution in [1.82, 2.24) is 9.71 Å². The van der Waals surface area contributed by atoms with E-state index in [0.717, 1.165) is 10.6 Å². The first-order chi connectivity index (χ1) is 9.53. The van der Waals surface area contributed by atoms with E-state index in [4.69, 9.17) is 0 Å². The highest BCUT2D eigenvalue weighted by molar-refractivity contribution is 7.89. The maximum atomic E-state index is 11.8. The number of anilines is 1. The fraction of sp³-hybridized carbons (Fsp3) is 0.308. The zero-order chi connectivity index (χ0) is 14.6. The lowest BCUT2D eigenvalue weighted by atomic mass is 10.2. The topological polar surface area (TPSA) is 71.1 Å². The number of hydrogen-bond acceptors (Lipinski definition) is 5. The molecule has 2 rings (SSSR count). The van der Waals surface area contributed by atoms with Gasteiger partial charge < -0.3 is 5.32 Å². The molecule has 0 fully saturated rings. The number of aromatic nitrogens is 1. The van der Waals surface area contributed by atoms with E-state index in [9.17, 15) is 8.42 Å². The number of benzene rings is 1. The van der Waals surface area contributed by atoms with Crippen molar-refractivity contribution < 1.29 is 8.42 Å². The van der Waals surface area contributed by atoms with Gasteiger partial charge in [-0.25, -0.2) is 13.1 Å². The molecule has 5 nitrogen and oxygen atoms in total. The van der Waals surface area contributed by atoms with Gasteiger partial charge >= 0.3 is 0 Å². The molecule has 1 heterocycles. The van der Waals surface area contributed by atoms with Crippen LogP contribution >= 0.6 is 11.3 Å². The van der Waals surface area contributed by atoms with E-state index >= 15 is 0 Å². The highest BCUT2D eigenvalue weighted by Crippen LogP contribution is 2.22. The van der Waals surface area contributed by atoms with Crippen LogP contribution in [0.25, 0.3) is 0 Å². The summed E-state index contributed by atoms with van der Waals surface area (Å²) in [5.74, 6) is 0. The van der Waals surface area contributed by atoms with E-state index in [1.54, 1.807) is 48.0 Å². The van der Waals surface area contributed by atoms with Crippen molar-refractivity contribution >= 4 is 27.0 Å². The van der Waals surface area contributed by atoms with Gasteiger partial charge in [0.25, 0.3) is 0 Å². The Labute approximate surface area is 123 Å². The van der Waals surface area contributed by atoms with Crippen LogP contribution in [-0.2, 0) is 10.0 Å². The molecule has 1 aromatic carbocycles. The molecular weight excluding hydrogens is 294 g/mol. The lowest BCUT2D eigenvalue weighted by Crippen LogP contribution is -2.23. The summed E-state index contributed by atoms with van der Waals surface area (Å²) in [6.07, 6.45) is 1.83. The van der Waals surface area contributed by atoms with E-state index in [0.29, 0.717) is 6.54 Å². The van der Waals surface area contributed by atoms with Crippen molar-refractivity contribution in [1.29, 1.82) is 0 Å². The van der Waals surface area contributed by atoms with Crippen LogP contribution in [0.1, 0.15) is 24.8 Å². The molecule has 2 aromatic rings. The Morgan fingerprint density at radius 1 is 1.30 bits per heavy atom. The van der Waals surface area contributed by atoms with Gasteiger partial charge in [-0.1, -0.05) is 6.92 Å². The van der Waals surface area contributed by atoms with Gasteiger partial charge in [-0.05, 0) is 31.2 Å². The third-order valence-corrected chi connectivity index (χ3v) is 5.28. The third-order valence-electron chi connectivity index (χ3n) is 2.76. The molecule has 0 bridgehead atoms. The molecule has 0 amide bonds. The van der Waals surface area contributed by atoms with Gasteiger partial charge in [0.15, 0.2) is 0 Å². The fourth-order valence-electron chi connectivity index (χ4n) is 1.76. The third kappa shape index (κ3) is 3.56. The van der Waals surface area contributed by atoms with Crippen molar-refractivity contribution in [3.05, 3.63) is 40.8 Å². The van der Waals surface area contributed by atoms with Crippen LogP contribution in [0.5, 0.6) is 0 Å². The Kier molecular flexibility index (Phi) is 4.74. The van der Waals surface area contributed by atoms with Crippen LogP contribution in [0.3, 0.4) is 0 Å². The minimum atomic E-state index is -3.38. The molecule has 2 N–H and O–H groups in total. The minimum Gasteiger partial charge on any atom is -0.378 e. The van der Waals surface area contributed by atoms with Crippen molar-refractivity contribution in [2.45, 2.75) is 24.8 Å². The maximum Gasteiger partial charge on any atom is 0.240 e. The zero-order valence-corrected chi connectivity index (χ0v) is 13.0. The van der Waals surface area contributed by atoms with Crippen molar-refractivity contribution in [3.63, 3.8) is 0 Å². The summed E-state index contributed by atoms with van der Waals surface area (Å²) >= 11 is 1.58. The summed E-state index contributed by atoms with van der Waals surface area (Å²) in [5, 5.41) is 3.31. The van der Waals surface area contributed by atoms with Gasteiger partial charge in [0.2, 0.25) is 10.0 Å². The summed E-state index contributed by atoms with van der Waals surface area (Å²) in [7, 11) is -3.38. The quantitative estimate of drug-likeness (QED) is 0.860. The number of sulfonamides is 1. The number of rotatable bonds is 6. The largest absolute Gasteiger partial charge is 0.378 e. The van der Waals surface area contributed by atoms with Gasteiger partial charge in [0.1, 0.15) is 0 Å². The molecule has 1 unspecified atom stereocenters. The molecule has 0 radical (unpaired) electrons. The van der Waals surface area contributed by atoms with Crippen molar-refractivity contribution in [2.75, 3.05) is 11.9 Å². The molecule has 7 heteroatoms. The first kappa shape index (κ1) is 15.0. The zero-order valence-electron chi connectivity index (χ0n) is 11.3. The van der Waals surface area contributed by atoms with Crippen LogP contribution in [0.15, 0.2) is 40.9 Å². The number of nitrogens with one attached hydrogen (secondary N) is 2. The summed E-state index contributed by atoms with van der Waals surface area (Å²) in [6, 6.07) is 6.86. The predicted molar refractivity (Wildman–Crippen MR) is 81.5 cm³/mol. The second-order valence-corrected chi connectivity index (χ2v) is 6.98. The molecule has 1 atom stereocenters. The van der Waals surface area contributed by atoms with Gasteiger partial charge in [-0.3, -0.25) is 4.98 Å². The SMILES string of the molecule is CCNS(=O)(=O)c1ccc(NC(C)c2cncs2)cc1. The second-order valence-electron chi connectivity index (χ2n) is 4.30. The first-order valence-electron chi connectivity index (χ1n) is 6.27. The molecule has 1 aromatic heterocycles. The normalized spacial score (nSPS) is 13.1. The average Bonchev–Trinajstić information content (AvgIpc) is 2.93. The van der Waals surface area contributed by atoms with E-state index in [-0.39, 0.29) is 10.9 Å². The highest BCUT2D eigenvalue weighted by Gasteiger charge is 2.12. The van der Waals surface area contributed by atoms with Crippen LogP contribution in [0.4, 0.5) is 5.69 Å². The monoisotopic (exact) mass is 311 g/mol. The molecule has 0 spiro atoms.